The van der Waals surface area contributed by atoms with Crippen molar-refractivity contribution in [3.8, 4) is 0 Å². The van der Waals surface area contributed by atoms with Crippen molar-refractivity contribution in [1.82, 2.24) is 23.7 Å². The minimum absolute atomic E-state index is 0.0186. The Bertz CT molecular complexity index is 846. The minimum atomic E-state index is -3.69. The molecule has 172 valence electrons. The Morgan fingerprint density at radius 1 is 1.03 bits per heavy atom. The zero-order valence-corrected chi connectivity index (χ0v) is 20.0. The average molecular weight is 480 g/mol. The first-order valence-electron chi connectivity index (χ1n) is 10.4. The fourth-order valence-electron chi connectivity index (χ4n) is 3.70. The molecule has 0 saturated carbocycles. The van der Waals surface area contributed by atoms with Crippen LogP contribution in [-0.2, 0) is 20.0 Å². The number of hydrogen-bond donors (Lipinski definition) is 1. The van der Waals surface area contributed by atoms with E-state index in [9.17, 15) is 16.8 Å². The summed E-state index contributed by atoms with van der Waals surface area (Å²) < 4.78 is 54.7. The summed E-state index contributed by atoms with van der Waals surface area (Å²) in [6, 6.07) is 3.29. The van der Waals surface area contributed by atoms with Crippen LogP contribution in [0.25, 0.3) is 0 Å². The average Bonchev–Trinajstić information content (AvgIpc) is 3.28. The highest BCUT2D eigenvalue weighted by Gasteiger charge is 2.30. The SMILES string of the molecule is CN1CCN(CCCN(CCS(=O)(=O)N2CCNCC2)S(=O)(=O)c2cccs2)CC1. The molecule has 2 fully saturated rings. The van der Waals surface area contributed by atoms with E-state index in [1.165, 1.54) is 19.9 Å². The van der Waals surface area contributed by atoms with Gasteiger partial charge in [0.25, 0.3) is 10.0 Å². The van der Waals surface area contributed by atoms with Gasteiger partial charge in [0.1, 0.15) is 4.21 Å². The summed E-state index contributed by atoms with van der Waals surface area (Å²) in [7, 11) is -5.07. The fourth-order valence-corrected chi connectivity index (χ4v) is 7.89. The first-order chi connectivity index (χ1) is 14.3. The lowest BCUT2D eigenvalue weighted by Crippen LogP contribution is -2.48. The highest BCUT2D eigenvalue weighted by molar-refractivity contribution is 7.91. The van der Waals surface area contributed by atoms with Crippen molar-refractivity contribution in [2.24, 2.45) is 0 Å². The van der Waals surface area contributed by atoms with Crippen LogP contribution in [0.4, 0.5) is 0 Å². The van der Waals surface area contributed by atoms with Gasteiger partial charge in [-0.3, -0.25) is 0 Å². The van der Waals surface area contributed by atoms with Crippen LogP contribution >= 0.6 is 11.3 Å². The molecule has 9 nitrogen and oxygen atoms in total. The smallest absolute Gasteiger partial charge is 0.252 e. The molecule has 30 heavy (non-hydrogen) atoms. The highest BCUT2D eigenvalue weighted by atomic mass is 32.2. The normalized spacial score (nSPS) is 20.7. The minimum Gasteiger partial charge on any atom is -0.314 e. The molecule has 0 aliphatic carbocycles. The number of sulfonamides is 2. The Labute approximate surface area is 184 Å². The lowest BCUT2D eigenvalue weighted by atomic mass is 10.3. The van der Waals surface area contributed by atoms with Crippen molar-refractivity contribution in [2.45, 2.75) is 10.6 Å². The van der Waals surface area contributed by atoms with Crippen molar-refractivity contribution < 1.29 is 16.8 Å². The van der Waals surface area contributed by atoms with Crippen LogP contribution in [0.2, 0.25) is 0 Å². The van der Waals surface area contributed by atoms with Gasteiger partial charge in [0.15, 0.2) is 0 Å². The molecule has 0 unspecified atom stereocenters. The van der Waals surface area contributed by atoms with Crippen LogP contribution in [-0.4, -0.2) is 120 Å². The third-order valence-corrected chi connectivity index (χ3v) is 10.8. The van der Waals surface area contributed by atoms with E-state index in [1.54, 1.807) is 17.5 Å². The van der Waals surface area contributed by atoms with Crippen LogP contribution in [0.1, 0.15) is 6.42 Å². The molecule has 0 amide bonds. The molecular weight excluding hydrogens is 446 g/mol. The Morgan fingerprint density at radius 2 is 1.73 bits per heavy atom. The molecule has 1 aromatic heterocycles. The number of piperazine rings is 2. The number of rotatable bonds is 10. The zero-order chi connectivity index (χ0) is 21.6. The highest BCUT2D eigenvalue weighted by Crippen LogP contribution is 2.21. The van der Waals surface area contributed by atoms with Crippen LogP contribution in [0, 0.1) is 0 Å². The fraction of sp³-hybridized carbons (Fsp3) is 0.778. The van der Waals surface area contributed by atoms with E-state index in [4.69, 9.17) is 0 Å². The molecule has 0 bridgehead atoms. The van der Waals surface area contributed by atoms with Gasteiger partial charge in [-0.2, -0.15) is 8.61 Å². The summed E-state index contributed by atoms with van der Waals surface area (Å²) >= 11 is 1.17. The van der Waals surface area contributed by atoms with E-state index in [1.807, 2.05) is 0 Å². The summed E-state index contributed by atoms with van der Waals surface area (Å²) in [5, 5.41) is 4.87. The second-order valence-corrected chi connectivity index (χ2v) is 13.0. The summed E-state index contributed by atoms with van der Waals surface area (Å²) in [5.41, 5.74) is 0. The lowest BCUT2D eigenvalue weighted by Gasteiger charge is -2.33. The molecule has 1 aromatic rings. The van der Waals surface area contributed by atoms with Crippen molar-refractivity contribution in [3.63, 3.8) is 0 Å². The summed E-state index contributed by atoms with van der Waals surface area (Å²) in [5.74, 6) is -0.188. The van der Waals surface area contributed by atoms with Gasteiger partial charge < -0.3 is 15.1 Å². The summed E-state index contributed by atoms with van der Waals surface area (Å²) in [6.07, 6.45) is 0.683. The number of likely N-dealkylation sites (N-methyl/N-ethyl adjacent to an activating group) is 1. The summed E-state index contributed by atoms with van der Waals surface area (Å²) in [4.78, 5) is 4.62. The molecule has 0 aromatic carbocycles. The first-order valence-corrected chi connectivity index (χ1v) is 14.3. The molecule has 3 rings (SSSR count). The van der Waals surface area contributed by atoms with Gasteiger partial charge in [-0.1, -0.05) is 6.07 Å². The second kappa shape index (κ2) is 10.8. The third kappa shape index (κ3) is 6.45. The molecule has 2 aliphatic heterocycles. The van der Waals surface area contributed by atoms with Gasteiger partial charge >= 0.3 is 0 Å². The van der Waals surface area contributed by atoms with Gasteiger partial charge in [0.2, 0.25) is 10.0 Å². The maximum atomic E-state index is 13.1. The summed E-state index contributed by atoms with van der Waals surface area (Å²) in [6.45, 7) is 7.22. The number of thiophene rings is 1. The third-order valence-electron chi connectivity index (χ3n) is 5.63. The van der Waals surface area contributed by atoms with Gasteiger partial charge in [-0.15, -0.1) is 11.3 Å². The monoisotopic (exact) mass is 479 g/mol. The predicted molar refractivity (Wildman–Crippen MR) is 120 cm³/mol. The topological polar surface area (TPSA) is 93.3 Å². The van der Waals surface area contributed by atoms with E-state index >= 15 is 0 Å². The van der Waals surface area contributed by atoms with E-state index < -0.39 is 20.0 Å². The molecule has 2 aliphatic rings. The Kier molecular flexibility index (Phi) is 8.67. The molecule has 0 spiro atoms. The Morgan fingerprint density at radius 3 is 2.37 bits per heavy atom. The molecule has 0 radical (unpaired) electrons. The van der Waals surface area contributed by atoms with Crippen molar-refractivity contribution in [1.29, 1.82) is 0 Å². The van der Waals surface area contributed by atoms with E-state index in [0.717, 1.165) is 32.7 Å². The van der Waals surface area contributed by atoms with Crippen LogP contribution in [0.5, 0.6) is 0 Å². The van der Waals surface area contributed by atoms with Crippen molar-refractivity contribution in [3.05, 3.63) is 17.5 Å². The van der Waals surface area contributed by atoms with Crippen molar-refractivity contribution >= 4 is 31.4 Å². The second-order valence-electron chi connectivity index (χ2n) is 7.80. The maximum Gasteiger partial charge on any atom is 0.252 e. The lowest BCUT2D eigenvalue weighted by molar-refractivity contribution is 0.150. The van der Waals surface area contributed by atoms with E-state index in [-0.39, 0.29) is 16.5 Å². The first kappa shape index (κ1) is 24.1. The van der Waals surface area contributed by atoms with Gasteiger partial charge in [0, 0.05) is 65.4 Å². The molecule has 12 heteroatoms. The Hall–Kier alpha value is -0.600. The number of nitrogens with one attached hydrogen (secondary N) is 1. The molecular formula is C18H33N5O4S3. The van der Waals surface area contributed by atoms with Crippen LogP contribution in [0.3, 0.4) is 0 Å². The molecule has 0 atom stereocenters. The number of hydrogen-bond acceptors (Lipinski definition) is 8. The zero-order valence-electron chi connectivity index (χ0n) is 17.6. The largest absolute Gasteiger partial charge is 0.314 e. The van der Waals surface area contributed by atoms with Gasteiger partial charge in [-0.25, -0.2) is 16.8 Å². The molecule has 2 saturated heterocycles. The number of nitrogens with zero attached hydrogens (tertiary/aromatic N) is 4. The molecule has 1 N–H and O–H groups in total. The van der Waals surface area contributed by atoms with E-state index in [0.29, 0.717) is 39.1 Å². The molecule has 3 heterocycles. The quantitative estimate of drug-likeness (QED) is 0.489. The van der Waals surface area contributed by atoms with Gasteiger partial charge in [0.05, 0.1) is 5.75 Å². The van der Waals surface area contributed by atoms with Crippen molar-refractivity contribution in [2.75, 3.05) is 84.8 Å². The maximum absolute atomic E-state index is 13.1. The van der Waals surface area contributed by atoms with Crippen LogP contribution < -0.4 is 5.32 Å². The predicted octanol–water partition coefficient (Wildman–Crippen LogP) is -0.389. The van der Waals surface area contributed by atoms with Crippen LogP contribution in [0.15, 0.2) is 21.7 Å². The standard InChI is InChI=1S/C18H33N5O4S3/c1-20-11-13-21(14-12-20)7-3-8-23(30(26,27)18-4-2-16-28-18)15-17-29(24,25)22-9-5-19-6-10-22/h2,4,16,19H,3,5-15,17H2,1H3. The Balaban J connectivity index is 1.62. The van der Waals surface area contributed by atoms with E-state index in [2.05, 4.69) is 22.2 Å². The van der Waals surface area contributed by atoms with Gasteiger partial charge in [-0.05, 0) is 31.5 Å².